The van der Waals surface area contributed by atoms with E-state index in [0.29, 0.717) is 16.9 Å². The van der Waals surface area contributed by atoms with Crippen LogP contribution in [0.5, 0.6) is 0 Å². The fourth-order valence-corrected chi connectivity index (χ4v) is 1.83. The summed E-state index contributed by atoms with van der Waals surface area (Å²) in [6.45, 7) is 0.244. The van der Waals surface area contributed by atoms with Crippen molar-refractivity contribution in [2.45, 2.75) is 6.54 Å². The molecule has 0 atom stereocenters. The molecule has 0 aliphatic heterocycles. The lowest BCUT2D eigenvalue weighted by Crippen LogP contribution is -2.28. The van der Waals surface area contributed by atoms with Gasteiger partial charge in [0.15, 0.2) is 0 Å². The molecule has 0 bridgehead atoms. The van der Waals surface area contributed by atoms with Crippen LogP contribution in [-0.4, -0.2) is 6.03 Å². The highest BCUT2D eigenvalue weighted by Gasteiger charge is 2.04. The van der Waals surface area contributed by atoms with E-state index >= 15 is 0 Å². The molecule has 0 spiro atoms. The van der Waals surface area contributed by atoms with E-state index in [1.54, 1.807) is 30.3 Å². The molecule has 0 heterocycles. The topological polar surface area (TPSA) is 67.1 Å². The van der Waals surface area contributed by atoms with Crippen LogP contribution in [0.15, 0.2) is 42.5 Å². The lowest BCUT2D eigenvalue weighted by Gasteiger charge is -2.08. The summed E-state index contributed by atoms with van der Waals surface area (Å²) in [7, 11) is 0. The number of rotatable bonds is 3. The van der Waals surface area contributed by atoms with E-state index < -0.39 is 5.82 Å². The van der Waals surface area contributed by atoms with Gasteiger partial charge in [0, 0.05) is 17.9 Å². The summed E-state index contributed by atoms with van der Waals surface area (Å²) in [6, 6.07) is 10.7. The Labute approximate surface area is 120 Å². The Morgan fingerprint density at radius 2 is 2.05 bits per heavy atom. The van der Waals surface area contributed by atoms with Gasteiger partial charge in [-0.2, -0.15) is 0 Å². The molecule has 4 nitrogen and oxygen atoms in total. The van der Waals surface area contributed by atoms with Gasteiger partial charge >= 0.3 is 6.03 Å². The summed E-state index contributed by atoms with van der Waals surface area (Å²) in [5.41, 5.74) is 7.48. The number of carbonyl (C=O) groups is 1. The minimum absolute atomic E-state index is 0.0283. The molecule has 0 saturated heterocycles. The van der Waals surface area contributed by atoms with Gasteiger partial charge in [0.1, 0.15) is 5.82 Å². The maximum Gasteiger partial charge on any atom is 0.319 e. The lowest BCUT2D eigenvalue weighted by molar-refractivity contribution is 0.251. The predicted molar refractivity (Wildman–Crippen MR) is 78.1 cm³/mol. The van der Waals surface area contributed by atoms with Crippen LogP contribution in [0.3, 0.4) is 0 Å². The molecule has 2 amide bonds. The van der Waals surface area contributed by atoms with Crippen LogP contribution in [0.2, 0.25) is 5.02 Å². The molecule has 4 N–H and O–H groups in total. The van der Waals surface area contributed by atoms with E-state index in [-0.39, 0.29) is 17.6 Å². The maximum atomic E-state index is 13.0. The molecule has 20 heavy (non-hydrogen) atoms. The van der Waals surface area contributed by atoms with E-state index in [2.05, 4.69) is 10.6 Å². The Balaban J connectivity index is 1.90. The van der Waals surface area contributed by atoms with Crippen LogP contribution < -0.4 is 16.4 Å². The van der Waals surface area contributed by atoms with Crippen molar-refractivity contribution in [3.63, 3.8) is 0 Å². The van der Waals surface area contributed by atoms with Crippen LogP contribution in [0.25, 0.3) is 0 Å². The first-order chi connectivity index (χ1) is 9.54. The first-order valence-electron chi connectivity index (χ1n) is 5.89. The second-order valence-corrected chi connectivity index (χ2v) is 4.59. The highest BCUT2D eigenvalue weighted by molar-refractivity contribution is 6.30. The normalized spacial score (nSPS) is 10.1. The third-order valence-electron chi connectivity index (χ3n) is 2.58. The fourth-order valence-electron chi connectivity index (χ4n) is 1.62. The van der Waals surface area contributed by atoms with Gasteiger partial charge in [0.05, 0.1) is 5.02 Å². The number of nitrogens with one attached hydrogen (secondary N) is 2. The van der Waals surface area contributed by atoms with E-state index in [0.717, 1.165) is 0 Å². The molecule has 0 aliphatic rings. The van der Waals surface area contributed by atoms with Crippen LogP contribution >= 0.6 is 11.6 Å². The molecule has 2 aromatic carbocycles. The highest BCUT2D eigenvalue weighted by Crippen LogP contribution is 2.16. The monoisotopic (exact) mass is 293 g/mol. The van der Waals surface area contributed by atoms with Gasteiger partial charge < -0.3 is 16.4 Å². The number of halogens is 2. The molecule has 0 aliphatic carbocycles. The van der Waals surface area contributed by atoms with Gasteiger partial charge in [-0.15, -0.1) is 0 Å². The van der Waals surface area contributed by atoms with Crippen molar-refractivity contribution in [3.05, 3.63) is 58.9 Å². The van der Waals surface area contributed by atoms with Crippen molar-refractivity contribution >= 4 is 29.0 Å². The molecule has 2 aromatic rings. The minimum Gasteiger partial charge on any atom is -0.399 e. The summed E-state index contributed by atoms with van der Waals surface area (Å²) in [5, 5.41) is 5.31. The SMILES string of the molecule is Nc1cccc(NC(=O)NCc2ccc(F)c(Cl)c2)c1. The van der Waals surface area contributed by atoms with E-state index in [4.69, 9.17) is 17.3 Å². The molecule has 0 saturated carbocycles. The van der Waals surface area contributed by atoms with E-state index in [1.165, 1.54) is 12.1 Å². The molecule has 0 unspecified atom stereocenters. The van der Waals surface area contributed by atoms with Gasteiger partial charge in [-0.1, -0.05) is 23.7 Å². The largest absolute Gasteiger partial charge is 0.399 e. The Morgan fingerprint density at radius 1 is 1.25 bits per heavy atom. The Hall–Kier alpha value is -2.27. The van der Waals surface area contributed by atoms with Crippen molar-refractivity contribution in [2.75, 3.05) is 11.1 Å². The lowest BCUT2D eigenvalue weighted by atomic mass is 10.2. The summed E-state index contributed by atoms with van der Waals surface area (Å²) in [6.07, 6.45) is 0. The fraction of sp³-hybridized carbons (Fsp3) is 0.0714. The number of hydrogen-bond donors (Lipinski definition) is 3. The zero-order valence-electron chi connectivity index (χ0n) is 10.5. The number of carbonyl (C=O) groups excluding carboxylic acids is 1. The quantitative estimate of drug-likeness (QED) is 0.759. The Kier molecular flexibility index (Phi) is 4.42. The maximum absolute atomic E-state index is 13.0. The Bertz CT molecular complexity index is 634. The smallest absolute Gasteiger partial charge is 0.319 e. The highest BCUT2D eigenvalue weighted by atomic mass is 35.5. The summed E-state index contributed by atoms with van der Waals surface area (Å²) in [5.74, 6) is -0.486. The van der Waals surface area contributed by atoms with Gasteiger partial charge in [-0.25, -0.2) is 9.18 Å². The van der Waals surface area contributed by atoms with Crippen LogP contribution in [0.1, 0.15) is 5.56 Å². The van der Waals surface area contributed by atoms with Crippen molar-refractivity contribution < 1.29 is 9.18 Å². The van der Waals surface area contributed by atoms with E-state index in [9.17, 15) is 9.18 Å². The zero-order valence-corrected chi connectivity index (χ0v) is 11.2. The van der Waals surface area contributed by atoms with Gasteiger partial charge in [-0.3, -0.25) is 0 Å². The van der Waals surface area contributed by atoms with Crippen molar-refractivity contribution in [3.8, 4) is 0 Å². The predicted octanol–water partition coefficient (Wildman–Crippen LogP) is 3.38. The first-order valence-corrected chi connectivity index (χ1v) is 6.27. The molecular weight excluding hydrogens is 281 g/mol. The standard InChI is InChI=1S/C14H13ClFN3O/c15-12-6-9(4-5-13(12)16)8-18-14(20)19-11-3-1-2-10(17)7-11/h1-7H,8,17H2,(H2,18,19,20). The molecule has 6 heteroatoms. The number of hydrogen-bond acceptors (Lipinski definition) is 2. The van der Waals surface area contributed by atoms with Crippen molar-refractivity contribution in [1.29, 1.82) is 0 Å². The van der Waals surface area contributed by atoms with Crippen LogP contribution in [0.4, 0.5) is 20.6 Å². The molecule has 104 valence electrons. The number of nitrogens with two attached hydrogens (primary N) is 1. The van der Waals surface area contributed by atoms with Crippen LogP contribution in [-0.2, 0) is 6.54 Å². The third kappa shape index (κ3) is 3.86. The number of anilines is 2. The average Bonchev–Trinajstić information content (AvgIpc) is 2.40. The summed E-state index contributed by atoms with van der Waals surface area (Å²) in [4.78, 5) is 11.7. The molecule has 2 rings (SSSR count). The molecule has 0 radical (unpaired) electrons. The van der Waals surface area contributed by atoms with Crippen molar-refractivity contribution in [1.82, 2.24) is 5.32 Å². The minimum atomic E-state index is -0.486. The summed E-state index contributed by atoms with van der Waals surface area (Å²) < 4.78 is 13.0. The first kappa shape index (κ1) is 14.1. The second-order valence-electron chi connectivity index (χ2n) is 4.18. The number of nitrogen functional groups attached to an aromatic ring is 1. The van der Waals surface area contributed by atoms with Gasteiger partial charge in [0.2, 0.25) is 0 Å². The summed E-state index contributed by atoms with van der Waals surface area (Å²) >= 11 is 5.66. The average molecular weight is 294 g/mol. The Morgan fingerprint density at radius 3 is 2.75 bits per heavy atom. The number of benzene rings is 2. The second kappa shape index (κ2) is 6.25. The number of urea groups is 1. The molecular formula is C14H13ClFN3O. The molecule has 0 fully saturated rings. The van der Waals surface area contributed by atoms with Crippen LogP contribution in [0, 0.1) is 5.82 Å². The third-order valence-corrected chi connectivity index (χ3v) is 2.87. The van der Waals surface area contributed by atoms with Crippen molar-refractivity contribution in [2.24, 2.45) is 0 Å². The van der Waals surface area contributed by atoms with Gasteiger partial charge in [-0.05, 0) is 35.9 Å². The van der Waals surface area contributed by atoms with Gasteiger partial charge in [0.25, 0.3) is 0 Å². The zero-order chi connectivity index (χ0) is 14.5. The van der Waals surface area contributed by atoms with E-state index in [1.807, 2.05) is 0 Å². The molecule has 0 aromatic heterocycles. The number of amides is 2.